The summed E-state index contributed by atoms with van der Waals surface area (Å²) in [4.78, 5) is 12.6. The molecule has 0 atom stereocenters. The number of rotatable bonds is 9. The highest BCUT2D eigenvalue weighted by molar-refractivity contribution is 6.35. The van der Waals surface area contributed by atoms with E-state index in [1.54, 1.807) is 32.4 Å². The molecule has 3 rings (SSSR count). The number of carbonyl (C=O) groups excluding carboxylic acids is 1. The van der Waals surface area contributed by atoms with Gasteiger partial charge in [0.15, 0.2) is 11.5 Å². The zero-order valence-electron chi connectivity index (χ0n) is 18.3. The van der Waals surface area contributed by atoms with E-state index >= 15 is 0 Å². The standard InChI is InChI=1S/C25H23Cl2N3O3/c1-32-23-8-5-17(12-24(23)33-2)9-10-29-25(31)19(15-28)13-21-4-3-11-30(21)16-18-6-7-20(26)14-22(18)27/h3-8,11-14H,9-10,16H2,1-2H3,(H,29,31)/b19-13+. The van der Waals surface area contributed by atoms with E-state index in [2.05, 4.69) is 5.32 Å². The first-order chi connectivity index (χ1) is 15.9. The Morgan fingerprint density at radius 1 is 1.12 bits per heavy atom. The third-order valence-electron chi connectivity index (χ3n) is 5.02. The number of hydrogen-bond donors (Lipinski definition) is 1. The number of nitrogens with one attached hydrogen (secondary N) is 1. The number of hydrogen-bond acceptors (Lipinski definition) is 4. The van der Waals surface area contributed by atoms with Gasteiger partial charge in [0.05, 0.1) is 14.2 Å². The normalized spacial score (nSPS) is 11.1. The van der Waals surface area contributed by atoms with Crippen molar-refractivity contribution in [2.45, 2.75) is 13.0 Å². The van der Waals surface area contributed by atoms with Crippen molar-refractivity contribution in [3.05, 3.63) is 87.2 Å². The van der Waals surface area contributed by atoms with Crippen LogP contribution < -0.4 is 14.8 Å². The van der Waals surface area contributed by atoms with Gasteiger partial charge in [-0.2, -0.15) is 5.26 Å². The number of nitrogens with zero attached hydrogens (tertiary/aromatic N) is 2. The summed E-state index contributed by atoms with van der Waals surface area (Å²) in [6, 6.07) is 16.6. The maximum absolute atomic E-state index is 12.6. The van der Waals surface area contributed by atoms with Gasteiger partial charge in [-0.1, -0.05) is 35.3 Å². The summed E-state index contributed by atoms with van der Waals surface area (Å²) in [6.45, 7) is 0.850. The van der Waals surface area contributed by atoms with Crippen molar-refractivity contribution in [3.8, 4) is 17.6 Å². The number of carbonyl (C=O) groups is 1. The van der Waals surface area contributed by atoms with Crippen LogP contribution >= 0.6 is 23.2 Å². The molecular weight excluding hydrogens is 461 g/mol. The molecule has 1 N–H and O–H groups in total. The van der Waals surface area contributed by atoms with Crippen molar-refractivity contribution in [2.24, 2.45) is 0 Å². The number of halogens is 2. The number of ether oxygens (including phenoxy) is 2. The highest BCUT2D eigenvalue weighted by atomic mass is 35.5. The molecule has 0 bridgehead atoms. The van der Waals surface area contributed by atoms with Gasteiger partial charge in [0.25, 0.3) is 5.91 Å². The molecule has 0 saturated heterocycles. The van der Waals surface area contributed by atoms with Gasteiger partial charge < -0.3 is 19.4 Å². The van der Waals surface area contributed by atoms with E-state index < -0.39 is 5.91 Å². The molecule has 0 aliphatic rings. The second kappa shape index (κ2) is 11.5. The van der Waals surface area contributed by atoms with Crippen molar-refractivity contribution in [3.63, 3.8) is 0 Å². The fourth-order valence-corrected chi connectivity index (χ4v) is 3.75. The maximum Gasteiger partial charge on any atom is 0.262 e. The van der Waals surface area contributed by atoms with Crippen molar-refractivity contribution < 1.29 is 14.3 Å². The summed E-state index contributed by atoms with van der Waals surface area (Å²) in [6.07, 6.45) is 4.01. The van der Waals surface area contributed by atoms with E-state index in [-0.39, 0.29) is 5.57 Å². The Morgan fingerprint density at radius 2 is 1.91 bits per heavy atom. The zero-order valence-corrected chi connectivity index (χ0v) is 19.8. The average molecular weight is 484 g/mol. The minimum atomic E-state index is -0.435. The van der Waals surface area contributed by atoms with Gasteiger partial charge in [-0.3, -0.25) is 4.79 Å². The zero-order chi connectivity index (χ0) is 23.8. The molecule has 0 radical (unpaired) electrons. The molecule has 170 valence electrons. The predicted octanol–water partition coefficient (Wildman–Crippen LogP) is 5.13. The number of amides is 1. The second-order valence-electron chi connectivity index (χ2n) is 7.16. The van der Waals surface area contributed by atoms with Crippen LogP contribution in [0, 0.1) is 11.3 Å². The van der Waals surface area contributed by atoms with Crippen LogP contribution in [0.4, 0.5) is 0 Å². The Balaban J connectivity index is 1.66. The van der Waals surface area contributed by atoms with Crippen molar-refractivity contribution in [2.75, 3.05) is 20.8 Å². The van der Waals surface area contributed by atoms with Crippen LogP contribution in [-0.2, 0) is 17.8 Å². The molecule has 1 aromatic heterocycles. The Morgan fingerprint density at radius 3 is 2.61 bits per heavy atom. The van der Waals surface area contributed by atoms with Crippen LogP contribution in [0.3, 0.4) is 0 Å². The van der Waals surface area contributed by atoms with Gasteiger partial charge >= 0.3 is 0 Å². The molecule has 0 unspecified atom stereocenters. The molecule has 1 amide bonds. The van der Waals surface area contributed by atoms with Gasteiger partial charge in [-0.25, -0.2) is 0 Å². The lowest BCUT2D eigenvalue weighted by molar-refractivity contribution is -0.117. The van der Waals surface area contributed by atoms with E-state index in [1.165, 1.54) is 0 Å². The first-order valence-corrected chi connectivity index (χ1v) is 10.9. The second-order valence-corrected chi connectivity index (χ2v) is 8.01. The fourth-order valence-electron chi connectivity index (χ4n) is 3.28. The third-order valence-corrected chi connectivity index (χ3v) is 5.61. The summed E-state index contributed by atoms with van der Waals surface area (Å²) in [5, 5.41) is 13.5. The molecular formula is C25H23Cl2N3O3. The molecule has 0 saturated carbocycles. The number of benzene rings is 2. The van der Waals surface area contributed by atoms with Crippen LogP contribution in [0.2, 0.25) is 10.0 Å². The van der Waals surface area contributed by atoms with Gasteiger partial charge in [-0.15, -0.1) is 0 Å². The number of methoxy groups -OCH3 is 2. The van der Waals surface area contributed by atoms with E-state index in [4.69, 9.17) is 32.7 Å². The van der Waals surface area contributed by atoms with Crippen molar-refractivity contribution >= 4 is 35.2 Å². The first-order valence-electron chi connectivity index (χ1n) is 10.1. The highest BCUT2D eigenvalue weighted by Crippen LogP contribution is 2.27. The van der Waals surface area contributed by atoms with E-state index in [0.717, 1.165) is 11.1 Å². The summed E-state index contributed by atoms with van der Waals surface area (Å²) in [5.41, 5.74) is 2.59. The molecule has 6 nitrogen and oxygen atoms in total. The lowest BCUT2D eigenvalue weighted by atomic mass is 10.1. The lowest BCUT2D eigenvalue weighted by Crippen LogP contribution is -2.26. The molecule has 33 heavy (non-hydrogen) atoms. The first kappa shape index (κ1) is 24.2. The molecule has 8 heteroatoms. The Kier molecular flexibility index (Phi) is 8.42. The summed E-state index contributed by atoms with van der Waals surface area (Å²) >= 11 is 12.3. The molecule has 0 spiro atoms. The lowest BCUT2D eigenvalue weighted by Gasteiger charge is -2.10. The van der Waals surface area contributed by atoms with Crippen LogP contribution in [0.5, 0.6) is 11.5 Å². The van der Waals surface area contributed by atoms with Crippen LogP contribution in [-0.4, -0.2) is 31.2 Å². The molecule has 0 aliphatic heterocycles. The van der Waals surface area contributed by atoms with Crippen molar-refractivity contribution in [1.29, 1.82) is 5.26 Å². The Labute approximate surface area is 202 Å². The van der Waals surface area contributed by atoms with E-state index in [0.29, 0.717) is 46.7 Å². The molecule has 0 fully saturated rings. The minimum absolute atomic E-state index is 0.0180. The van der Waals surface area contributed by atoms with Gasteiger partial charge in [0.1, 0.15) is 11.6 Å². The van der Waals surface area contributed by atoms with E-state index in [9.17, 15) is 10.1 Å². The van der Waals surface area contributed by atoms with Crippen LogP contribution in [0.25, 0.3) is 6.08 Å². The number of aromatic nitrogens is 1. The Hall–Kier alpha value is -3.40. The van der Waals surface area contributed by atoms with E-state index in [1.807, 2.05) is 53.2 Å². The molecule has 1 heterocycles. The largest absolute Gasteiger partial charge is 0.493 e. The van der Waals surface area contributed by atoms with Gasteiger partial charge in [0.2, 0.25) is 0 Å². The topological polar surface area (TPSA) is 76.3 Å². The van der Waals surface area contributed by atoms with Crippen molar-refractivity contribution in [1.82, 2.24) is 9.88 Å². The van der Waals surface area contributed by atoms with Gasteiger partial charge in [-0.05, 0) is 60.0 Å². The summed E-state index contributed by atoms with van der Waals surface area (Å²) < 4.78 is 12.4. The van der Waals surface area contributed by atoms with Gasteiger partial charge in [0, 0.05) is 35.0 Å². The SMILES string of the molecule is COc1ccc(CCNC(=O)/C(C#N)=C/c2cccn2Cc2ccc(Cl)cc2Cl)cc1OC. The molecule has 2 aromatic carbocycles. The minimum Gasteiger partial charge on any atom is -0.493 e. The third kappa shape index (κ3) is 6.32. The summed E-state index contributed by atoms with van der Waals surface area (Å²) in [5.74, 6) is 0.832. The van der Waals surface area contributed by atoms with Crippen LogP contribution in [0.1, 0.15) is 16.8 Å². The maximum atomic E-state index is 12.6. The van der Waals surface area contributed by atoms with Crippen LogP contribution in [0.15, 0.2) is 60.3 Å². The quantitative estimate of drug-likeness (QED) is 0.338. The number of nitriles is 1. The summed E-state index contributed by atoms with van der Waals surface area (Å²) in [7, 11) is 3.15. The molecule has 3 aromatic rings. The smallest absolute Gasteiger partial charge is 0.262 e. The Bertz CT molecular complexity index is 1210. The molecule has 0 aliphatic carbocycles. The highest BCUT2D eigenvalue weighted by Gasteiger charge is 2.12. The monoisotopic (exact) mass is 483 g/mol. The fraction of sp³-hybridized carbons (Fsp3) is 0.200. The predicted molar refractivity (Wildman–Crippen MR) is 130 cm³/mol. The average Bonchev–Trinajstić information content (AvgIpc) is 3.25.